The largest absolute Gasteiger partial charge is 0.465 e. The molecule has 132 valence electrons. The molecule has 0 saturated carbocycles. The van der Waals surface area contributed by atoms with E-state index in [1.54, 1.807) is 0 Å². The van der Waals surface area contributed by atoms with Crippen LogP contribution in [0.2, 0.25) is 0 Å². The molecule has 2 amide bonds. The number of hydrogen-bond donors (Lipinski definition) is 2. The van der Waals surface area contributed by atoms with E-state index in [0.717, 1.165) is 12.8 Å². The third-order valence-electron chi connectivity index (χ3n) is 3.37. The highest BCUT2D eigenvalue weighted by atomic mass is 19.1. The van der Waals surface area contributed by atoms with E-state index in [-0.39, 0.29) is 6.79 Å². The van der Waals surface area contributed by atoms with Gasteiger partial charge in [-0.25, -0.2) is 4.39 Å². The minimum absolute atomic E-state index is 0.117. The summed E-state index contributed by atoms with van der Waals surface area (Å²) in [6.07, 6.45) is 2.11. The fourth-order valence-corrected chi connectivity index (χ4v) is 2.27. The van der Waals surface area contributed by atoms with E-state index in [2.05, 4.69) is 10.6 Å². The summed E-state index contributed by atoms with van der Waals surface area (Å²) in [5.74, 6) is 0.0481. The summed E-state index contributed by atoms with van der Waals surface area (Å²) in [6, 6.07) is 12.6. The van der Waals surface area contributed by atoms with Crippen molar-refractivity contribution in [2.45, 2.75) is 13.0 Å². The van der Waals surface area contributed by atoms with Crippen molar-refractivity contribution in [3.05, 3.63) is 59.4 Å². The maximum atomic E-state index is 13.0. The van der Waals surface area contributed by atoms with Crippen LogP contribution in [0.25, 0.3) is 0 Å². The number of fused-ring (bicyclic) bond motifs is 1. The van der Waals surface area contributed by atoms with Crippen LogP contribution in [0.1, 0.15) is 11.1 Å². The molecule has 2 aromatic rings. The molecule has 3 rings (SSSR count). The zero-order valence-electron chi connectivity index (χ0n) is 13.5. The predicted molar refractivity (Wildman–Crippen MR) is 90.6 cm³/mol. The van der Waals surface area contributed by atoms with Gasteiger partial charge in [0.2, 0.25) is 12.8 Å². The summed E-state index contributed by atoms with van der Waals surface area (Å²) in [5.41, 5.74) is 2.18. The van der Waals surface area contributed by atoms with Crippen molar-refractivity contribution in [2.75, 3.05) is 18.7 Å². The molecule has 7 heteroatoms. The molecule has 2 N–H and O–H groups in total. The maximum Gasteiger partial charge on any atom is 0.211 e. The van der Waals surface area contributed by atoms with Gasteiger partial charge in [0.25, 0.3) is 0 Å². The first-order valence-electron chi connectivity index (χ1n) is 7.68. The van der Waals surface area contributed by atoms with E-state index in [1.165, 1.54) is 17.7 Å². The first-order valence-corrected chi connectivity index (χ1v) is 7.68. The molecule has 0 unspecified atom stereocenters. The van der Waals surface area contributed by atoms with Crippen molar-refractivity contribution < 1.29 is 23.5 Å². The second-order valence-corrected chi connectivity index (χ2v) is 5.12. The van der Waals surface area contributed by atoms with Crippen molar-refractivity contribution in [3.8, 4) is 5.75 Å². The predicted octanol–water partition coefficient (Wildman–Crippen LogP) is 2.24. The first kappa shape index (κ1) is 18.4. The Morgan fingerprint density at radius 3 is 2.64 bits per heavy atom. The molecule has 0 aromatic heterocycles. The maximum absolute atomic E-state index is 13.0. The Hall–Kier alpha value is -2.93. The van der Waals surface area contributed by atoms with Crippen LogP contribution in [0.5, 0.6) is 5.75 Å². The molecule has 1 heterocycles. The van der Waals surface area contributed by atoms with Crippen LogP contribution in [-0.2, 0) is 27.4 Å². The highest BCUT2D eigenvalue weighted by Gasteiger charge is 2.16. The van der Waals surface area contributed by atoms with Gasteiger partial charge in [-0.15, -0.1) is 0 Å². The topological polar surface area (TPSA) is 76.7 Å². The van der Waals surface area contributed by atoms with Crippen molar-refractivity contribution >= 4 is 18.5 Å². The van der Waals surface area contributed by atoms with Crippen LogP contribution in [0.3, 0.4) is 0 Å². The number of hydrogen-bond acceptors (Lipinski definition) is 4. The molecule has 0 saturated heterocycles. The number of carbonyl (C=O) groups excluding carboxylic acids is 2. The third-order valence-corrected chi connectivity index (χ3v) is 3.37. The van der Waals surface area contributed by atoms with Gasteiger partial charge in [-0.2, -0.15) is 0 Å². The lowest BCUT2D eigenvalue weighted by Crippen LogP contribution is -2.14. The molecule has 6 nitrogen and oxygen atoms in total. The smallest absolute Gasteiger partial charge is 0.211 e. The van der Waals surface area contributed by atoms with Crippen LogP contribution >= 0.6 is 0 Å². The highest BCUT2D eigenvalue weighted by molar-refractivity contribution is 5.76. The molecular weight excluding hydrogens is 327 g/mol. The molecule has 0 aliphatic carbocycles. The van der Waals surface area contributed by atoms with Gasteiger partial charge in [0.1, 0.15) is 5.82 Å². The summed E-state index contributed by atoms with van der Waals surface area (Å²) in [5, 5.41) is 4.99. The number of ether oxygens (including phenoxy) is 2. The second-order valence-electron chi connectivity index (χ2n) is 5.12. The van der Waals surface area contributed by atoms with Gasteiger partial charge >= 0.3 is 0 Å². The summed E-state index contributed by atoms with van der Waals surface area (Å²) < 4.78 is 23.1. The standard InChI is InChI=1S/C9H8FNO3.C9H11NO/c10-7-1-6-3-13-5-14-9(6)8(2-7)11-4-12;11-8-10-7-6-9-4-2-1-3-5-9/h1-2,4H,3,5H2,(H,11,12);1-5,8H,6-7H2,(H,10,11). The quantitative estimate of drug-likeness (QED) is 0.621. The fraction of sp³-hybridized carbons (Fsp3) is 0.222. The number of nitrogens with one attached hydrogen (secondary N) is 2. The Morgan fingerprint density at radius 1 is 1.12 bits per heavy atom. The lowest BCUT2D eigenvalue weighted by Gasteiger charge is -2.20. The summed E-state index contributed by atoms with van der Waals surface area (Å²) >= 11 is 0. The van der Waals surface area contributed by atoms with Crippen molar-refractivity contribution in [1.29, 1.82) is 0 Å². The van der Waals surface area contributed by atoms with E-state index in [9.17, 15) is 14.0 Å². The van der Waals surface area contributed by atoms with Crippen LogP contribution in [0, 0.1) is 5.82 Å². The zero-order chi connectivity index (χ0) is 17.9. The van der Waals surface area contributed by atoms with Crippen LogP contribution in [0.15, 0.2) is 42.5 Å². The second kappa shape index (κ2) is 10.0. The minimum atomic E-state index is -0.429. The fourth-order valence-electron chi connectivity index (χ4n) is 2.27. The monoisotopic (exact) mass is 346 g/mol. The van der Waals surface area contributed by atoms with Gasteiger partial charge in [-0.1, -0.05) is 30.3 Å². The Bertz CT molecular complexity index is 695. The Labute approximate surface area is 144 Å². The number of rotatable bonds is 6. The van der Waals surface area contributed by atoms with Gasteiger partial charge in [0, 0.05) is 18.2 Å². The first-order chi connectivity index (χ1) is 12.2. The number of benzene rings is 2. The summed E-state index contributed by atoms with van der Waals surface area (Å²) in [7, 11) is 0. The minimum Gasteiger partial charge on any atom is -0.465 e. The van der Waals surface area contributed by atoms with Crippen molar-refractivity contribution in [2.24, 2.45) is 0 Å². The van der Waals surface area contributed by atoms with Crippen molar-refractivity contribution in [3.63, 3.8) is 0 Å². The van der Waals surface area contributed by atoms with Crippen molar-refractivity contribution in [1.82, 2.24) is 5.32 Å². The lowest BCUT2D eigenvalue weighted by atomic mass is 10.1. The molecule has 0 fully saturated rings. The number of amides is 2. The average Bonchev–Trinajstić information content (AvgIpc) is 2.63. The van der Waals surface area contributed by atoms with E-state index < -0.39 is 5.82 Å². The molecule has 0 radical (unpaired) electrons. The van der Waals surface area contributed by atoms with E-state index in [4.69, 9.17) is 9.47 Å². The number of carbonyl (C=O) groups is 2. The molecular formula is C18H19FN2O4. The third kappa shape index (κ3) is 5.89. The van der Waals surface area contributed by atoms with Crippen LogP contribution < -0.4 is 15.4 Å². The van der Waals surface area contributed by atoms with Gasteiger partial charge in [0.15, 0.2) is 12.5 Å². The summed E-state index contributed by atoms with van der Waals surface area (Å²) in [4.78, 5) is 20.1. The molecule has 25 heavy (non-hydrogen) atoms. The highest BCUT2D eigenvalue weighted by Crippen LogP contribution is 2.32. The molecule has 2 aromatic carbocycles. The Kier molecular flexibility index (Phi) is 7.40. The number of halogens is 1. The SMILES string of the molecule is O=CNCCc1ccccc1.O=CNc1cc(F)cc2c1OCOC2. The zero-order valence-corrected chi connectivity index (χ0v) is 13.5. The van der Waals surface area contributed by atoms with E-state index in [0.29, 0.717) is 36.6 Å². The van der Waals surface area contributed by atoms with Crippen LogP contribution in [0.4, 0.5) is 10.1 Å². The molecule has 0 atom stereocenters. The normalized spacial score (nSPS) is 11.9. The summed E-state index contributed by atoms with van der Waals surface area (Å²) in [6.45, 7) is 1.13. The van der Waals surface area contributed by atoms with E-state index in [1.807, 2.05) is 30.3 Å². The van der Waals surface area contributed by atoms with E-state index >= 15 is 0 Å². The molecule has 1 aliphatic rings. The lowest BCUT2D eigenvalue weighted by molar-refractivity contribution is -0.109. The van der Waals surface area contributed by atoms with Gasteiger partial charge < -0.3 is 20.1 Å². The van der Waals surface area contributed by atoms with Gasteiger partial charge in [-0.3, -0.25) is 9.59 Å². The molecule has 0 bridgehead atoms. The van der Waals surface area contributed by atoms with Crippen LogP contribution in [-0.4, -0.2) is 26.2 Å². The van der Waals surface area contributed by atoms with Gasteiger partial charge in [0.05, 0.1) is 12.3 Å². The van der Waals surface area contributed by atoms with Gasteiger partial charge in [-0.05, 0) is 18.1 Å². The molecule has 0 spiro atoms. The number of anilines is 1. The Balaban J connectivity index is 0.000000186. The molecule has 1 aliphatic heterocycles. The Morgan fingerprint density at radius 2 is 1.92 bits per heavy atom. The average molecular weight is 346 g/mol.